The molecule has 2 aromatic rings. The van der Waals surface area contributed by atoms with Crippen molar-refractivity contribution in [2.24, 2.45) is 5.41 Å². The minimum absolute atomic E-state index is 0.0751. The molecule has 0 aliphatic carbocycles. The highest BCUT2D eigenvalue weighted by molar-refractivity contribution is 5.81. The summed E-state index contributed by atoms with van der Waals surface area (Å²) in [4.78, 5) is 16.3. The molecule has 4 heteroatoms. The van der Waals surface area contributed by atoms with Crippen molar-refractivity contribution in [1.29, 1.82) is 0 Å². The van der Waals surface area contributed by atoms with Crippen molar-refractivity contribution in [2.45, 2.75) is 33.6 Å². The second-order valence-corrected chi connectivity index (χ2v) is 5.32. The average molecular weight is 260 g/mol. The molecule has 0 saturated carbocycles. The molecule has 1 heterocycles. The number of rotatable bonds is 5. The van der Waals surface area contributed by atoms with Gasteiger partial charge in [-0.2, -0.15) is 0 Å². The Hall–Kier alpha value is -1.84. The number of nitrogens with zero attached hydrogens (tertiary/aromatic N) is 1. The molecule has 0 aliphatic rings. The smallest absolute Gasteiger partial charge is 0.225 e. The van der Waals surface area contributed by atoms with E-state index in [0.717, 1.165) is 17.5 Å². The molecule has 0 fully saturated rings. The quantitative estimate of drug-likeness (QED) is 0.899. The zero-order valence-corrected chi connectivity index (χ0v) is 11.7. The first kappa shape index (κ1) is 13.6. The van der Waals surface area contributed by atoms with Gasteiger partial charge in [-0.15, -0.1) is 0 Å². The van der Waals surface area contributed by atoms with Gasteiger partial charge >= 0.3 is 0 Å². The Balaban J connectivity index is 1.91. The number of carbonyl (C=O) groups is 1. The number of benzene rings is 1. The molecule has 1 amide bonds. The van der Waals surface area contributed by atoms with E-state index < -0.39 is 0 Å². The van der Waals surface area contributed by atoms with Crippen LogP contribution in [-0.2, 0) is 11.2 Å². The van der Waals surface area contributed by atoms with Crippen molar-refractivity contribution in [3.05, 3.63) is 30.2 Å². The number of oxazole rings is 1. The van der Waals surface area contributed by atoms with Crippen LogP contribution in [0, 0.1) is 5.41 Å². The predicted molar refractivity (Wildman–Crippen MR) is 74.8 cm³/mol. The number of hydrogen-bond acceptors (Lipinski definition) is 3. The third-order valence-electron chi connectivity index (χ3n) is 3.46. The Bertz CT molecular complexity index is 539. The van der Waals surface area contributed by atoms with Crippen LogP contribution in [0.4, 0.5) is 0 Å². The van der Waals surface area contributed by atoms with Crippen LogP contribution in [0.25, 0.3) is 11.1 Å². The fourth-order valence-corrected chi connectivity index (χ4v) is 1.71. The monoisotopic (exact) mass is 260 g/mol. The topological polar surface area (TPSA) is 55.1 Å². The minimum Gasteiger partial charge on any atom is -0.441 e. The summed E-state index contributed by atoms with van der Waals surface area (Å²) < 4.78 is 5.60. The van der Waals surface area contributed by atoms with E-state index >= 15 is 0 Å². The second kappa shape index (κ2) is 5.43. The molecule has 0 saturated heterocycles. The van der Waals surface area contributed by atoms with E-state index in [4.69, 9.17) is 4.42 Å². The largest absolute Gasteiger partial charge is 0.441 e. The Morgan fingerprint density at radius 3 is 2.79 bits per heavy atom. The van der Waals surface area contributed by atoms with Gasteiger partial charge in [0.2, 0.25) is 5.91 Å². The Kier molecular flexibility index (Phi) is 3.88. The van der Waals surface area contributed by atoms with Crippen LogP contribution in [-0.4, -0.2) is 17.4 Å². The van der Waals surface area contributed by atoms with Gasteiger partial charge in [-0.25, -0.2) is 4.98 Å². The van der Waals surface area contributed by atoms with Crippen LogP contribution in [0.3, 0.4) is 0 Å². The van der Waals surface area contributed by atoms with E-state index in [9.17, 15) is 4.79 Å². The second-order valence-electron chi connectivity index (χ2n) is 5.32. The van der Waals surface area contributed by atoms with Crippen LogP contribution < -0.4 is 5.32 Å². The molecular weight excluding hydrogens is 240 g/mol. The lowest BCUT2D eigenvalue weighted by Crippen LogP contribution is -2.37. The SMILES string of the molecule is CCC(C)(C)C(=O)NCCc1nc2ccccc2o1. The summed E-state index contributed by atoms with van der Waals surface area (Å²) in [6.45, 7) is 6.46. The summed E-state index contributed by atoms with van der Waals surface area (Å²) in [5, 5.41) is 2.93. The maximum atomic E-state index is 11.9. The van der Waals surface area contributed by atoms with Crippen LogP contribution in [0.2, 0.25) is 0 Å². The molecule has 0 radical (unpaired) electrons. The van der Waals surface area contributed by atoms with E-state index in [0.29, 0.717) is 18.9 Å². The zero-order chi connectivity index (χ0) is 13.9. The maximum Gasteiger partial charge on any atom is 0.225 e. The van der Waals surface area contributed by atoms with E-state index in [1.165, 1.54) is 0 Å². The molecule has 19 heavy (non-hydrogen) atoms. The van der Waals surface area contributed by atoms with Gasteiger partial charge in [0, 0.05) is 18.4 Å². The lowest BCUT2D eigenvalue weighted by Gasteiger charge is -2.21. The Morgan fingerprint density at radius 2 is 2.11 bits per heavy atom. The van der Waals surface area contributed by atoms with E-state index in [1.54, 1.807) is 0 Å². The van der Waals surface area contributed by atoms with Crippen molar-refractivity contribution in [3.63, 3.8) is 0 Å². The Morgan fingerprint density at radius 1 is 1.37 bits per heavy atom. The first-order chi connectivity index (χ1) is 9.03. The van der Waals surface area contributed by atoms with Gasteiger partial charge in [0.25, 0.3) is 0 Å². The van der Waals surface area contributed by atoms with Crippen LogP contribution in [0.15, 0.2) is 28.7 Å². The van der Waals surface area contributed by atoms with Crippen LogP contribution >= 0.6 is 0 Å². The molecule has 2 rings (SSSR count). The Labute approximate surface area is 113 Å². The lowest BCUT2D eigenvalue weighted by molar-refractivity contribution is -0.129. The summed E-state index contributed by atoms with van der Waals surface area (Å²) in [5.41, 5.74) is 1.33. The zero-order valence-electron chi connectivity index (χ0n) is 11.7. The summed E-state index contributed by atoms with van der Waals surface area (Å²) >= 11 is 0. The summed E-state index contributed by atoms with van der Waals surface area (Å²) in [5.74, 6) is 0.738. The number of carbonyl (C=O) groups excluding carboxylic acids is 1. The van der Waals surface area contributed by atoms with Crippen molar-refractivity contribution in [3.8, 4) is 0 Å². The highest BCUT2D eigenvalue weighted by atomic mass is 16.3. The number of para-hydroxylation sites is 2. The maximum absolute atomic E-state index is 11.9. The van der Waals surface area contributed by atoms with Gasteiger partial charge in [0.05, 0.1) is 0 Å². The van der Waals surface area contributed by atoms with Gasteiger partial charge in [0.1, 0.15) is 5.52 Å². The van der Waals surface area contributed by atoms with E-state index in [1.807, 2.05) is 45.0 Å². The lowest BCUT2D eigenvalue weighted by atomic mass is 9.89. The fraction of sp³-hybridized carbons (Fsp3) is 0.467. The minimum atomic E-state index is -0.318. The third kappa shape index (κ3) is 3.13. The highest BCUT2D eigenvalue weighted by Gasteiger charge is 2.24. The van der Waals surface area contributed by atoms with Crippen molar-refractivity contribution in [2.75, 3.05) is 6.54 Å². The molecule has 102 valence electrons. The number of hydrogen-bond donors (Lipinski definition) is 1. The van der Waals surface area contributed by atoms with Crippen LogP contribution in [0.1, 0.15) is 33.1 Å². The average Bonchev–Trinajstić information content (AvgIpc) is 2.81. The van der Waals surface area contributed by atoms with Gasteiger partial charge in [-0.05, 0) is 18.6 Å². The summed E-state index contributed by atoms with van der Waals surface area (Å²) in [6, 6.07) is 7.66. The molecule has 4 nitrogen and oxygen atoms in total. The first-order valence-electron chi connectivity index (χ1n) is 6.65. The molecule has 1 N–H and O–H groups in total. The molecule has 1 aromatic heterocycles. The molecule has 0 bridgehead atoms. The molecule has 0 unspecified atom stereocenters. The standard InChI is InChI=1S/C15H20N2O2/c1-4-15(2,3)14(18)16-10-9-13-17-11-7-5-6-8-12(11)19-13/h5-8H,4,9-10H2,1-3H3,(H,16,18). The summed E-state index contributed by atoms with van der Waals surface area (Å²) in [7, 11) is 0. The van der Waals surface area contributed by atoms with E-state index in [-0.39, 0.29) is 11.3 Å². The number of aromatic nitrogens is 1. The molecule has 0 spiro atoms. The predicted octanol–water partition coefficient (Wildman–Crippen LogP) is 2.92. The first-order valence-corrected chi connectivity index (χ1v) is 6.65. The van der Waals surface area contributed by atoms with Gasteiger partial charge in [0.15, 0.2) is 11.5 Å². The highest BCUT2D eigenvalue weighted by Crippen LogP contribution is 2.19. The normalized spacial score (nSPS) is 11.7. The van der Waals surface area contributed by atoms with Gasteiger partial charge in [-0.1, -0.05) is 32.9 Å². The molecular formula is C15H20N2O2. The summed E-state index contributed by atoms with van der Waals surface area (Å²) in [6.07, 6.45) is 1.43. The fourth-order valence-electron chi connectivity index (χ4n) is 1.71. The van der Waals surface area contributed by atoms with Gasteiger partial charge < -0.3 is 9.73 Å². The van der Waals surface area contributed by atoms with Crippen LogP contribution in [0.5, 0.6) is 0 Å². The molecule has 0 aliphatic heterocycles. The van der Waals surface area contributed by atoms with Crippen molar-refractivity contribution in [1.82, 2.24) is 10.3 Å². The van der Waals surface area contributed by atoms with E-state index in [2.05, 4.69) is 10.3 Å². The third-order valence-corrected chi connectivity index (χ3v) is 3.46. The molecule has 0 atom stereocenters. The van der Waals surface area contributed by atoms with Crippen molar-refractivity contribution >= 4 is 17.0 Å². The number of fused-ring (bicyclic) bond motifs is 1. The van der Waals surface area contributed by atoms with Gasteiger partial charge in [-0.3, -0.25) is 4.79 Å². The number of nitrogens with one attached hydrogen (secondary N) is 1. The number of amides is 1. The molecule has 1 aromatic carbocycles. The van der Waals surface area contributed by atoms with Crippen molar-refractivity contribution < 1.29 is 9.21 Å².